The lowest BCUT2D eigenvalue weighted by molar-refractivity contribution is -0.141. The topological polar surface area (TPSA) is 117 Å². The molecule has 0 aliphatic heterocycles. The summed E-state index contributed by atoms with van der Waals surface area (Å²) >= 11 is 0. The van der Waals surface area contributed by atoms with E-state index in [0.717, 1.165) is 19.1 Å². The predicted molar refractivity (Wildman–Crippen MR) is 76.7 cm³/mol. The summed E-state index contributed by atoms with van der Waals surface area (Å²) in [4.78, 5) is 24.8. The van der Waals surface area contributed by atoms with Crippen LogP contribution in [0.1, 0.15) is 36.1 Å². The molecule has 122 valence electrons. The van der Waals surface area contributed by atoms with Crippen LogP contribution < -0.4 is 4.72 Å². The van der Waals surface area contributed by atoms with Gasteiger partial charge < -0.3 is 14.4 Å². The van der Waals surface area contributed by atoms with E-state index in [1.54, 1.807) is 0 Å². The fourth-order valence-electron chi connectivity index (χ4n) is 2.05. The monoisotopic (exact) mass is 330 g/mol. The Morgan fingerprint density at radius 2 is 2.09 bits per heavy atom. The van der Waals surface area contributed by atoms with Crippen molar-refractivity contribution in [2.75, 3.05) is 6.26 Å². The molecule has 1 aliphatic rings. The Labute approximate surface area is 128 Å². The van der Waals surface area contributed by atoms with E-state index < -0.39 is 27.9 Å². The third kappa shape index (κ3) is 4.08. The summed E-state index contributed by atoms with van der Waals surface area (Å²) in [5.41, 5.74) is 0. The predicted octanol–water partition coefficient (Wildman–Crippen LogP) is 0.407. The number of nitrogens with one attached hydrogen (secondary N) is 1. The Hall–Kier alpha value is -1.87. The van der Waals surface area contributed by atoms with Crippen LogP contribution >= 0.6 is 0 Å². The summed E-state index contributed by atoms with van der Waals surface area (Å²) < 4.78 is 29.6. The molecule has 1 saturated carbocycles. The standard InChI is InChI=1S/C13H18N2O6S/c1-8(13(17)18)15(9-3-4-9)12(16)11-6-5-10(21-11)7-14-22(2,19)20/h5-6,8-9,14H,3-4,7H2,1-2H3,(H,17,18). The van der Waals surface area contributed by atoms with Crippen LogP contribution in [-0.4, -0.2) is 48.6 Å². The van der Waals surface area contributed by atoms with Crippen LogP contribution in [0.25, 0.3) is 0 Å². The molecule has 0 aromatic carbocycles. The number of carbonyl (C=O) groups is 2. The van der Waals surface area contributed by atoms with Gasteiger partial charge in [0.25, 0.3) is 5.91 Å². The van der Waals surface area contributed by atoms with Crippen LogP contribution in [0.3, 0.4) is 0 Å². The molecule has 1 aromatic rings. The molecule has 1 unspecified atom stereocenters. The van der Waals surface area contributed by atoms with E-state index >= 15 is 0 Å². The molecule has 2 rings (SSSR count). The fourth-order valence-corrected chi connectivity index (χ4v) is 2.45. The van der Waals surface area contributed by atoms with Gasteiger partial charge in [-0.25, -0.2) is 17.9 Å². The molecule has 9 heteroatoms. The van der Waals surface area contributed by atoms with Gasteiger partial charge in [0, 0.05) is 6.04 Å². The second-order valence-corrected chi connectivity index (χ2v) is 7.15. The number of hydrogen-bond donors (Lipinski definition) is 2. The van der Waals surface area contributed by atoms with Crippen molar-refractivity contribution in [3.63, 3.8) is 0 Å². The van der Waals surface area contributed by atoms with Crippen molar-refractivity contribution in [3.8, 4) is 0 Å². The number of furan rings is 1. The minimum atomic E-state index is -3.36. The van der Waals surface area contributed by atoms with Crippen LogP contribution in [0.15, 0.2) is 16.5 Å². The van der Waals surface area contributed by atoms with Crippen molar-refractivity contribution in [1.29, 1.82) is 0 Å². The molecular formula is C13H18N2O6S. The molecule has 0 saturated heterocycles. The maximum atomic E-state index is 12.4. The lowest BCUT2D eigenvalue weighted by atomic mass is 10.2. The Morgan fingerprint density at radius 1 is 1.45 bits per heavy atom. The number of nitrogens with zero attached hydrogens (tertiary/aromatic N) is 1. The lowest BCUT2D eigenvalue weighted by Gasteiger charge is -2.25. The van der Waals surface area contributed by atoms with Gasteiger partial charge in [-0.3, -0.25) is 4.79 Å². The fraction of sp³-hybridized carbons (Fsp3) is 0.538. The summed E-state index contributed by atoms with van der Waals surface area (Å²) in [6, 6.07) is 1.89. The summed E-state index contributed by atoms with van der Waals surface area (Å²) in [5.74, 6) is -1.29. The molecule has 0 radical (unpaired) electrons. The first-order valence-electron chi connectivity index (χ1n) is 6.78. The minimum Gasteiger partial charge on any atom is -0.480 e. The second kappa shape index (κ2) is 6.09. The summed E-state index contributed by atoms with van der Waals surface area (Å²) in [6.45, 7) is 1.39. The molecule has 1 aromatic heterocycles. The maximum Gasteiger partial charge on any atom is 0.326 e. The SMILES string of the molecule is CC(C(=O)O)N(C(=O)c1ccc(CNS(C)(=O)=O)o1)C1CC1. The van der Waals surface area contributed by atoms with E-state index in [4.69, 9.17) is 9.52 Å². The van der Waals surface area contributed by atoms with Gasteiger partial charge in [0.2, 0.25) is 10.0 Å². The summed E-state index contributed by atoms with van der Waals surface area (Å²) in [7, 11) is -3.36. The quantitative estimate of drug-likeness (QED) is 0.747. The Balaban J connectivity index is 2.11. The van der Waals surface area contributed by atoms with Crippen molar-refractivity contribution in [2.45, 2.75) is 38.4 Å². The molecule has 1 atom stereocenters. The van der Waals surface area contributed by atoms with Crippen LogP contribution in [0.5, 0.6) is 0 Å². The van der Waals surface area contributed by atoms with Gasteiger partial charge in [0.05, 0.1) is 12.8 Å². The molecule has 1 heterocycles. The number of rotatable bonds is 7. The van der Waals surface area contributed by atoms with Gasteiger partial charge in [-0.2, -0.15) is 0 Å². The first-order chi connectivity index (χ1) is 10.2. The van der Waals surface area contributed by atoms with E-state index in [2.05, 4.69) is 4.72 Å². The molecule has 8 nitrogen and oxygen atoms in total. The van der Waals surface area contributed by atoms with Crippen molar-refractivity contribution in [1.82, 2.24) is 9.62 Å². The number of carboxylic acid groups (broad SMARTS) is 1. The average Bonchev–Trinajstić information content (AvgIpc) is 3.12. The van der Waals surface area contributed by atoms with Crippen LogP contribution in [0, 0.1) is 0 Å². The van der Waals surface area contributed by atoms with E-state index in [1.165, 1.54) is 24.0 Å². The molecule has 1 aliphatic carbocycles. The zero-order valence-electron chi connectivity index (χ0n) is 12.3. The highest BCUT2D eigenvalue weighted by Crippen LogP contribution is 2.30. The van der Waals surface area contributed by atoms with Crippen molar-refractivity contribution >= 4 is 21.9 Å². The highest BCUT2D eigenvalue weighted by molar-refractivity contribution is 7.88. The van der Waals surface area contributed by atoms with Crippen molar-refractivity contribution in [2.24, 2.45) is 0 Å². The number of sulfonamides is 1. The van der Waals surface area contributed by atoms with E-state index in [1.807, 2.05) is 0 Å². The van der Waals surface area contributed by atoms with Gasteiger partial charge in [0.1, 0.15) is 11.8 Å². The highest BCUT2D eigenvalue weighted by Gasteiger charge is 2.39. The van der Waals surface area contributed by atoms with Gasteiger partial charge in [0.15, 0.2) is 5.76 Å². The smallest absolute Gasteiger partial charge is 0.326 e. The number of carbonyl (C=O) groups excluding carboxylic acids is 1. The Bertz CT molecular complexity index is 676. The Kier molecular flexibility index (Phi) is 4.57. The van der Waals surface area contributed by atoms with Crippen molar-refractivity contribution < 1.29 is 27.5 Å². The highest BCUT2D eigenvalue weighted by atomic mass is 32.2. The first kappa shape index (κ1) is 16.5. The number of carboxylic acids is 1. The minimum absolute atomic E-state index is 0.00491. The first-order valence-corrected chi connectivity index (χ1v) is 8.67. The molecular weight excluding hydrogens is 312 g/mol. The van der Waals surface area contributed by atoms with Gasteiger partial charge in [-0.05, 0) is 31.9 Å². The Morgan fingerprint density at radius 3 is 2.59 bits per heavy atom. The zero-order chi connectivity index (χ0) is 16.5. The van der Waals surface area contributed by atoms with E-state index in [9.17, 15) is 18.0 Å². The molecule has 0 bridgehead atoms. The van der Waals surface area contributed by atoms with Gasteiger partial charge >= 0.3 is 5.97 Å². The van der Waals surface area contributed by atoms with Gasteiger partial charge in [-0.15, -0.1) is 0 Å². The molecule has 1 amide bonds. The second-order valence-electron chi connectivity index (χ2n) is 5.32. The largest absolute Gasteiger partial charge is 0.480 e. The molecule has 1 fully saturated rings. The lowest BCUT2D eigenvalue weighted by Crippen LogP contribution is -2.44. The third-order valence-electron chi connectivity index (χ3n) is 3.33. The molecule has 22 heavy (non-hydrogen) atoms. The molecule has 2 N–H and O–H groups in total. The number of aliphatic carboxylic acids is 1. The summed E-state index contributed by atoms with van der Waals surface area (Å²) in [5, 5.41) is 9.10. The number of amides is 1. The summed E-state index contributed by atoms with van der Waals surface area (Å²) in [6.07, 6.45) is 2.56. The third-order valence-corrected chi connectivity index (χ3v) is 4.00. The average molecular weight is 330 g/mol. The van der Waals surface area contributed by atoms with Crippen LogP contribution in [0.4, 0.5) is 0 Å². The van der Waals surface area contributed by atoms with Crippen LogP contribution in [0.2, 0.25) is 0 Å². The zero-order valence-corrected chi connectivity index (χ0v) is 13.1. The van der Waals surface area contributed by atoms with E-state index in [0.29, 0.717) is 0 Å². The molecule has 0 spiro atoms. The van der Waals surface area contributed by atoms with Crippen LogP contribution in [-0.2, 0) is 21.4 Å². The van der Waals surface area contributed by atoms with E-state index in [-0.39, 0.29) is 24.1 Å². The van der Waals surface area contributed by atoms with Gasteiger partial charge in [-0.1, -0.05) is 0 Å². The number of hydrogen-bond acceptors (Lipinski definition) is 5. The van der Waals surface area contributed by atoms with Crippen molar-refractivity contribution in [3.05, 3.63) is 23.7 Å². The maximum absolute atomic E-state index is 12.4. The normalized spacial score (nSPS) is 16.3.